The van der Waals surface area contributed by atoms with E-state index < -0.39 is 11.6 Å². The van der Waals surface area contributed by atoms with Gasteiger partial charge in [-0.15, -0.1) is 34.0 Å². The van der Waals surface area contributed by atoms with E-state index in [1.807, 2.05) is 133 Å². The van der Waals surface area contributed by atoms with Crippen LogP contribution in [0, 0.1) is 0 Å². The summed E-state index contributed by atoms with van der Waals surface area (Å²) in [5, 5.41) is 23.7. The van der Waals surface area contributed by atoms with Crippen LogP contribution in [0.2, 0.25) is 0 Å². The molecule has 0 bridgehead atoms. The Labute approximate surface area is 307 Å². The van der Waals surface area contributed by atoms with Crippen molar-refractivity contribution in [1.29, 1.82) is 0 Å². The molecule has 3 heterocycles. The number of anilines is 6. The van der Waals surface area contributed by atoms with E-state index in [0.717, 1.165) is 44.1 Å². The van der Waals surface area contributed by atoms with Gasteiger partial charge in [-0.3, -0.25) is 9.59 Å². The van der Waals surface area contributed by atoms with Gasteiger partial charge < -0.3 is 20.0 Å². The second kappa shape index (κ2) is 15.3. The summed E-state index contributed by atoms with van der Waals surface area (Å²) in [5.41, 5.74) is 3.86. The molecule has 0 unspecified atom stereocenters. The number of thiophene rings is 3. The average molecular weight is 723 g/mol. The number of benzene rings is 4. The Kier molecular flexibility index (Phi) is 10.0. The summed E-state index contributed by atoms with van der Waals surface area (Å²) in [4.78, 5) is 32.2. The Morgan fingerprint density at radius 3 is 1.00 bits per heavy atom. The monoisotopic (exact) mass is 722 g/mol. The van der Waals surface area contributed by atoms with Crippen LogP contribution in [-0.2, 0) is 0 Å². The van der Waals surface area contributed by atoms with E-state index in [1.54, 1.807) is 24.3 Å². The molecule has 7 aromatic rings. The van der Waals surface area contributed by atoms with Gasteiger partial charge in [0.15, 0.2) is 11.6 Å². The number of allylic oxidation sites excluding steroid dienone is 2. The summed E-state index contributed by atoms with van der Waals surface area (Å²) in [5.74, 6) is -1.17. The van der Waals surface area contributed by atoms with Crippen molar-refractivity contribution in [2.24, 2.45) is 0 Å². The molecule has 9 heteroatoms. The van der Waals surface area contributed by atoms with Gasteiger partial charge in [-0.2, -0.15) is 0 Å². The number of nitrogens with zero attached hydrogens (tertiary/aromatic N) is 2. The van der Waals surface area contributed by atoms with E-state index in [4.69, 9.17) is 0 Å². The molecule has 0 saturated heterocycles. The predicted molar refractivity (Wildman–Crippen MR) is 212 cm³/mol. The molecule has 0 atom stereocenters. The molecule has 7 rings (SSSR count). The van der Waals surface area contributed by atoms with E-state index in [0.29, 0.717) is 19.5 Å². The smallest absolute Gasteiger partial charge is 0.199 e. The van der Waals surface area contributed by atoms with Crippen molar-refractivity contribution in [3.63, 3.8) is 0 Å². The van der Waals surface area contributed by atoms with Gasteiger partial charge in [-0.05, 0) is 84.9 Å². The predicted octanol–water partition coefficient (Wildman–Crippen LogP) is 12.4. The van der Waals surface area contributed by atoms with Crippen molar-refractivity contribution in [3.05, 3.63) is 189 Å². The van der Waals surface area contributed by atoms with Crippen molar-refractivity contribution in [2.45, 2.75) is 0 Å². The first-order valence-corrected chi connectivity index (χ1v) is 18.4. The van der Waals surface area contributed by atoms with Crippen LogP contribution in [0.15, 0.2) is 170 Å². The van der Waals surface area contributed by atoms with E-state index in [-0.39, 0.29) is 11.5 Å². The Balaban J connectivity index is 1.06. The molecule has 0 amide bonds. The number of aliphatic hydroxyl groups excluding tert-OH is 2. The summed E-state index contributed by atoms with van der Waals surface area (Å²) in [6, 6.07) is 50.2. The number of carbonyl (C=O) groups is 2. The van der Waals surface area contributed by atoms with Gasteiger partial charge in [-0.25, -0.2) is 0 Å². The lowest BCUT2D eigenvalue weighted by Gasteiger charge is -2.23. The quantitative estimate of drug-likeness (QED) is 0.0742. The first-order chi connectivity index (χ1) is 24.9. The molecule has 0 radical (unpaired) electrons. The Hall–Kier alpha value is -6.00. The zero-order valence-corrected chi connectivity index (χ0v) is 29.4. The van der Waals surface area contributed by atoms with Crippen molar-refractivity contribution in [2.75, 3.05) is 9.80 Å². The van der Waals surface area contributed by atoms with Crippen molar-refractivity contribution >= 4 is 89.8 Å². The van der Waals surface area contributed by atoms with E-state index in [2.05, 4.69) is 9.80 Å². The lowest BCUT2D eigenvalue weighted by atomic mass is 10.2. The molecule has 2 N–H and O–H groups in total. The number of para-hydroxylation sites is 4. The number of aliphatic hydroxyl groups is 2. The van der Waals surface area contributed by atoms with Crippen LogP contribution in [0.25, 0.3) is 11.5 Å². The van der Waals surface area contributed by atoms with Crippen LogP contribution >= 0.6 is 34.0 Å². The lowest BCUT2D eigenvalue weighted by molar-refractivity contribution is 0.104. The highest BCUT2D eigenvalue weighted by Gasteiger charge is 2.19. The van der Waals surface area contributed by atoms with Crippen molar-refractivity contribution < 1.29 is 19.8 Å². The Morgan fingerprint density at radius 1 is 0.392 bits per heavy atom. The highest BCUT2D eigenvalue weighted by molar-refractivity contribution is 7.18. The summed E-state index contributed by atoms with van der Waals surface area (Å²) in [6.45, 7) is 0. The fourth-order valence-electron chi connectivity index (χ4n) is 5.42. The maximum absolute atomic E-state index is 13.2. The van der Waals surface area contributed by atoms with Gasteiger partial charge >= 0.3 is 0 Å². The zero-order valence-electron chi connectivity index (χ0n) is 27.0. The maximum Gasteiger partial charge on any atom is 0.199 e. The minimum Gasteiger partial charge on any atom is -0.506 e. The van der Waals surface area contributed by atoms with Crippen LogP contribution in [-0.4, -0.2) is 21.8 Å². The number of hydrogen-bond donors (Lipinski definition) is 2. The standard InChI is InChI=1S/C42H30N2O4S3/c45-33(27-35(47)39-23-25-41(50-39)43(29-13-5-1-6-14-29)30-15-7-2-8-16-30)37-21-22-38(49-37)34(46)28-36(48)40-24-26-42(51-40)44(31-17-9-3-10-18-31)32-19-11-4-12-20-32/h1-28,47-48H/b35-27-,36-28-. The third kappa shape index (κ3) is 7.61. The van der Waals surface area contributed by atoms with Gasteiger partial charge in [-0.1, -0.05) is 72.8 Å². The van der Waals surface area contributed by atoms with E-state index in [9.17, 15) is 19.8 Å². The Bertz CT molecular complexity index is 2080. The molecule has 6 nitrogen and oxygen atoms in total. The summed E-state index contributed by atoms with van der Waals surface area (Å²) in [7, 11) is 0. The van der Waals surface area contributed by atoms with Gasteiger partial charge in [0.2, 0.25) is 0 Å². The van der Waals surface area contributed by atoms with Crippen LogP contribution < -0.4 is 9.80 Å². The summed E-state index contributed by atoms with van der Waals surface area (Å²) in [6.07, 6.45) is 2.35. The van der Waals surface area contributed by atoms with Crippen LogP contribution in [0.1, 0.15) is 29.1 Å². The van der Waals surface area contributed by atoms with E-state index >= 15 is 0 Å². The minimum absolute atomic E-state index is 0.162. The topological polar surface area (TPSA) is 81.1 Å². The Morgan fingerprint density at radius 2 is 0.686 bits per heavy atom. The molecule has 0 spiro atoms. The summed E-state index contributed by atoms with van der Waals surface area (Å²) < 4.78 is 0. The zero-order chi connectivity index (χ0) is 35.2. The van der Waals surface area contributed by atoms with Crippen molar-refractivity contribution in [3.8, 4) is 0 Å². The third-order valence-electron chi connectivity index (χ3n) is 7.81. The first-order valence-electron chi connectivity index (χ1n) is 16.0. The van der Waals surface area contributed by atoms with E-state index in [1.165, 1.54) is 34.8 Å². The van der Waals surface area contributed by atoms with Crippen LogP contribution in [0.3, 0.4) is 0 Å². The van der Waals surface area contributed by atoms with Crippen LogP contribution in [0.5, 0.6) is 0 Å². The number of carbonyl (C=O) groups excluding carboxylic acids is 2. The van der Waals surface area contributed by atoms with Gasteiger partial charge in [0.1, 0.15) is 21.5 Å². The first kappa shape index (κ1) is 33.5. The highest BCUT2D eigenvalue weighted by Crippen LogP contribution is 2.41. The molecular weight excluding hydrogens is 693 g/mol. The second-order valence-electron chi connectivity index (χ2n) is 11.2. The number of hydrogen-bond acceptors (Lipinski definition) is 9. The molecule has 0 fully saturated rings. The fraction of sp³-hybridized carbons (Fsp3) is 0. The molecule has 0 aliphatic heterocycles. The molecule has 0 aliphatic carbocycles. The van der Waals surface area contributed by atoms with Crippen LogP contribution in [0.4, 0.5) is 32.8 Å². The molecule has 0 saturated carbocycles. The molecule has 3 aromatic heterocycles. The number of ketones is 2. The second-order valence-corrected chi connectivity index (χ2v) is 14.4. The highest BCUT2D eigenvalue weighted by atomic mass is 32.1. The largest absolute Gasteiger partial charge is 0.506 e. The average Bonchev–Trinajstić information content (AvgIpc) is 3.96. The normalized spacial score (nSPS) is 11.7. The third-order valence-corrected chi connectivity index (χ3v) is 11.1. The molecule has 4 aromatic carbocycles. The SMILES string of the molecule is O=C(/C=C(\O)c1ccc(N(c2ccccc2)c2ccccc2)s1)c1ccc(C(=O)/C=C(\O)c2ccc(N(c3ccccc3)c3ccccc3)s2)s1. The molecular formula is C42H30N2O4S3. The molecule has 250 valence electrons. The minimum atomic E-state index is -0.424. The van der Waals surface area contributed by atoms with Gasteiger partial charge in [0.05, 0.1) is 19.5 Å². The molecule has 51 heavy (non-hydrogen) atoms. The maximum atomic E-state index is 13.2. The van der Waals surface area contributed by atoms with Crippen molar-refractivity contribution in [1.82, 2.24) is 0 Å². The summed E-state index contributed by atoms with van der Waals surface area (Å²) >= 11 is 3.73. The van der Waals surface area contributed by atoms with Gasteiger partial charge in [0.25, 0.3) is 0 Å². The number of rotatable bonds is 12. The fourth-order valence-corrected chi connectivity index (χ4v) is 8.18. The van der Waals surface area contributed by atoms with Gasteiger partial charge in [0, 0.05) is 34.9 Å². The molecule has 0 aliphatic rings. The lowest BCUT2D eigenvalue weighted by Crippen LogP contribution is -2.07.